The van der Waals surface area contributed by atoms with Crippen LogP contribution in [-0.4, -0.2) is 22.6 Å². The minimum atomic E-state index is -0.316. The third-order valence-electron chi connectivity index (χ3n) is 3.43. The van der Waals surface area contributed by atoms with E-state index in [2.05, 4.69) is 15.5 Å². The van der Waals surface area contributed by atoms with Gasteiger partial charge in [-0.1, -0.05) is 24.4 Å². The number of hydrogen-bond acceptors (Lipinski definition) is 5. The molecule has 1 heterocycles. The zero-order valence-electron chi connectivity index (χ0n) is 10.7. The molecule has 1 saturated carbocycles. The Bertz CT molecular complexity index is 399. The van der Waals surface area contributed by atoms with Crippen LogP contribution >= 0.6 is 0 Å². The van der Waals surface area contributed by atoms with Crippen molar-refractivity contribution in [3.8, 4) is 0 Å². The number of carbonyl (C=O) groups excluding carboxylic acids is 1. The summed E-state index contributed by atoms with van der Waals surface area (Å²) in [5, 5.41) is 6.30. The highest BCUT2D eigenvalue weighted by Gasteiger charge is 2.27. The molecule has 6 nitrogen and oxygen atoms in total. The predicted molar refractivity (Wildman–Crippen MR) is 65.8 cm³/mol. The molecule has 1 unspecified atom stereocenters. The van der Waals surface area contributed by atoms with Gasteiger partial charge in [-0.3, -0.25) is 4.79 Å². The van der Waals surface area contributed by atoms with Gasteiger partial charge in [-0.25, -0.2) is 0 Å². The van der Waals surface area contributed by atoms with Crippen molar-refractivity contribution in [3.63, 3.8) is 0 Å². The van der Waals surface area contributed by atoms with Gasteiger partial charge in [0.15, 0.2) is 0 Å². The maximum Gasteiger partial charge on any atom is 0.292 e. The van der Waals surface area contributed by atoms with Crippen molar-refractivity contribution in [3.05, 3.63) is 11.7 Å². The van der Waals surface area contributed by atoms with Crippen LogP contribution in [-0.2, 0) is 0 Å². The summed E-state index contributed by atoms with van der Waals surface area (Å²) in [4.78, 5) is 15.6. The van der Waals surface area contributed by atoms with E-state index in [0.717, 1.165) is 12.8 Å². The number of rotatable bonds is 4. The van der Waals surface area contributed by atoms with E-state index in [-0.39, 0.29) is 17.8 Å². The van der Waals surface area contributed by atoms with Gasteiger partial charge < -0.3 is 15.6 Å². The number of carbonyl (C=O) groups is 1. The van der Waals surface area contributed by atoms with Crippen LogP contribution in [0.3, 0.4) is 0 Å². The molecule has 6 heteroatoms. The highest BCUT2D eigenvalue weighted by atomic mass is 16.5. The van der Waals surface area contributed by atoms with E-state index < -0.39 is 0 Å². The number of nitrogens with zero attached hydrogens (tertiary/aromatic N) is 2. The minimum absolute atomic E-state index is 0.0677. The van der Waals surface area contributed by atoms with E-state index in [9.17, 15) is 4.79 Å². The largest absolute Gasteiger partial charge is 0.349 e. The first kappa shape index (κ1) is 13.0. The van der Waals surface area contributed by atoms with Crippen LogP contribution in [0.1, 0.15) is 61.6 Å². The molecule has 1 amide bonds. The molecule has 0 radical (unpaired) electrons. The molecule has 0 saturated heterocycles. The lowest BCUT2D eigenvalue weighted by molar-refractivity contribution is 0.0942. The smallest absolute Gasteiger partial charge is 0.292 e. The van der Waals surface area contributed by atoms with Crippen LogP contribution in [0.4, 0.5) is 0 Å². The Labute approximate surface area is 106 Å². The lowest BCUT2D eigenvalue weighted by atomic mass is 9.84. The van der Waals surface area contributed by atoms with Crippen molar-refractivity contribution < 1.29 is 9.32 Å². The molecule has 1 fully saturated rings. The maximum atomic E-state index is 11.5. The summed E-state index contributed by atoms with van der Waals surface area (Å²) in [7, 11) is 0. The van der Waals surface area contributed by atoms with Crippen molar-refractivity contribution in [2.75, 3.05) is 6.54 Å². The van der Waals surface area contributed by atoms with E-state index >= 15 is 0 Å². The van der Waals surface area contributed by atoms with Crippen LogP contribution in [0.15, 0.2) is 4.52 Å². The fourth-order valence-electron chi connectivity index (χ4n) is 2.40. The van der Waals surface area contributed by atoms with Crippen LogP contribution in [0, 0.1) is 5.92 Å². The average Bonchev–Trinajstić information content (AvgIpc) is 2.89. The first-order valence-corrected chi connectivity index (χ1v) is 6.59. The van der Waals surface area contributed by atoms with E-state index in [0.29, 0.717) is 18.4 Å². The summed E-state index contributed by atoms with van der Waals surface area (Å²) in [5.74, 6) is 0.519. The molecular weight excluding hydrogens is 232 g/mol. The Morgan fingerprint density at radius 3 is 2.89 bits per heavy atom. The maximum absolute atomic E-state index is 11.5. The van der Waals surface area contributed by atoms with Crippen molar-refractivity contribution >= 4 is 5.91 Å². The van der Waals surface area contributed by atoms with Crippen LogP contribution in [0.25, 0.3) is 0 Å². The van der Waals surface area contributed by atoms with Gasteiger partial charge in [0.05, 0.1) is 6.04 Å². The van der Waals surface area contributed by atoms with E-state index in [1.54, 1.807) is 0 Å². The molecule has 0 spiro atoms. The third kappa shape index (κ3) is 2.87. The quantitative estimate of drug-likeness (QED) is 0.844. The zero-order valence-corrected chi connectivity index (χ0v) is 10.7. The molecule has 2 rings (SSSR count). The summed E-state index contributed by atoms with van der Waals surface area (Å²) in [6.45, 7) is 2.38. The molecule has 1 aliphatic rings. The van der Waals surface area contributed by atoms with Crippen molar-refractivity contribution in [1.82, 2.24) is 15.5 Å². The Kier molecular flexibility index (Phi) is 4.30. The molecule has 100 valence electrons. The Morgan fingerprint density at radius 1 is 1.50 bits per heavy atom. The number of nitrogens with two attached hydrogens (primary N) is 1. The SMILES string of the molecule is CCNC(=O)c1noc(C(N)C2CCCCC2)n1. The topological polar surface area (TPSA) is 94.0 Å². The second-order valence-electron chi connectivity index (χ2n) is 4.74. The zero-order chi connectivity index (χ0) is 13.0. The highest BCUT2D eigenvalue weighted by molar-refractivity contribution is 5.90. The molecule has 0 aliphatic heterocycles. The fourth-order valence-corrected chi connectivity index (χ4v) is 2.40. The van der Waals surface area contributed by atoms with Gasteiger partial charge >= 0.3 is 0 Å². The van der Waals surface area contributed by atoms with Gasteiger partial charge in [0.1, 0.15) is 0 Å². The van der Waals surface area contributed by atoms with E-state index in [1.807, 2.05) is 6.92 Å². The molecule has 1 aromatic rings. The second kappa shape index (κ2) is 5.95. The van der Waals surface area contributed by atoms with E-state index in [4.69, 9.17) is 10.3 Å². The number of aromatic nitrogens is 2. The number of hydrogen-bond donors (Lipinski definition) is 2. The summed E-state index contributed by atoms with van der Waals surface area (Å²) in [6, 6.07) is -0.249. The van der Waals surface area contributed by atoms with Gasteiger partial charge in [-0.2, -0.15) is 4.98 Å². The monoisotopic (exact) mass is 252 g/mol. The Balaban J connectivity index is 2.02. The van der Waals surface area contributed by atoms with Crippen LogP contribution in [0.2, 0.25) is 0 Å². The van der Waals surface area contributed by atoms with Gasteiger partial charge in [-0.15, -0.1) is 0 Å². The normalized spacial score (nSPS) is 18.6. The first-order chi connectivity index (χ1) is 8.72. The lowest BCUT2D eigenvalue weighted by Crippen LogP contribution is -2.25. The molecule has 3 N–H and O–H groups in total. The molecule has 0 bridgehead atoms. The minimum Gasteiger partial charge on any atom is -0.349 e. The molecule has 0 aromatic carbocycles. The predicted octanol–water partition coefficient (Wildman–Crippen LogP) is 1.40. The molecule has 1 aromatic heterocycles. The van der Waals surface area contributed by atoms with Gasteiger partial charge in [0.2, 0.25) is 5.89 Å². The van der Waals surface area contributed by atoms with E-state index in [1.165, 1.54) is 19.3 Å². The van der Waals surface area contributed by atoms with Crippen molar-refractivity contribution in [2.24, 2.45) is 11.7 Å². The summed E-state index contributed by atoms with van der Waals surface area (Å²) in [5.41, 5.74) is 6.13. The van der Waals surface area contributed by atoms with Gasteiger partial charge in [-0.05, 0) is 25.7 Å². The summed E-state index contributed by atoms with van der Waals surface area (Å²) in [6.07, 6.45) is 5.88. The first-order valence-electron chi connectivity index (χ1n) is 6.59. The standard InChI is InChI=1S/C12H20N4O2/c1-2-14-11(17)10-15-12(18-16-10)9(13)8-6-4-3-5-7-8/h8-9H,2-7,13H2,1H3,(H,14,17). The Morgan fingerprint density at radius 2 is 2.22 bits per heavy atom. The molecule has 18 heavy (non-hydrogen) atoms. The average molecular weight is 252 g/mol. The van der Waals surface area contributed by atoms with Crippen LogP contribution < -0.4 is 11.1 Å². The molecule has 1 atom stereocenters. The second-order valence-corrected chi connectivity index (χ2v) is 4.74. The summed E-state index contributed by atoms with van der Waals surface area (Å²) < 4.78 is 5.10. The van der Waals surface area contributed by atoms with Gasteiger partial charge in [0.25, 0.3) is 11.7 Å². The number of nitrogens with one attached hydrogen (secondary N) is 1. The van der Waals surface area contributed by atoms with Gasteiger partial charge in [0, 0.05) is 6.54 Å². The number of amides is 1. The Hall–Kier alpha value is -1.43. The lowest BCUT2D eigenvalue weighted by Gasteiger charge is -2.24. The summed E-state index contributed by atoms with van der Waals surface area (Å²) >= 11 is 0. The molecule has 1 aliphatic carbocycles. The molecular formula is C12H20N4O2. The van der Waals surface area contributed by atoms with Crippen molar-refractivity contribution in [1.29, 1.82) is 0 Å². The fraction of sp³-hybridized carbons (Fsp3) is 0.750. The third-order valence-corrected chi connectivity index (χ3v) is 3.43. The van der Waals surface area contributed by atoms with Crippen LogP contribution in [0.5, 0.6) is 0 Å². The van der Waals surface area contributed by atoms with Crippen molar-refractivity contribution in [2.45, 2.75) is 45.1 Å². The highest BCUT2D eigenvalue weighted by Crippen LogP contribution is 2.32.